The van der Waals surface area contributed by atoms with Gasteiger partial charge in [0.2, 0.25) is 0 Å². The van der Waals surface area contributed by atoms with E-state index >= 15 is 0 Å². The molecule has 1 heterocycles. The lowest BCUT2D eigenvalue weighted by molar-refractivity contribution is 0.333. The molecule has 1 fully saturated rings. The van der Waals surface area contributed by atoms with Gasteiger partial charge in [-0.3, -0.25) is 0 Å². The van der Waals surface area contributed by atoms with Gasteiger partial charge in [0, 0.05) is 12.7 Å². The van der Waals surface area contributed by atoms with E-state index in [1.807, 2.05) is 0 Å². The summed E-state index contributed by atoms with van der Waals surface area (Å²) in [6.45, 7) is 0.959. The monoisotopic (exact) mass is 192 g/mol. The second kappa shape index (κ2) is 3.74. The van der Waals surface area contributed by atoms with Crippen LogP contribution in [0.3, 0.4) is 0 Å². The molecular weight excluding hydrogens is 176 g/mol. The summed E-state index contributed by atoms with van der Waals surface area (Å²) < 4.78 is 0. The number of rotatable bonds is 3. The summed E-state index contributed by atoms with van der Waals surface area (Å²) >= 11 is 0. The van der Waals surface area contributed by atoms with Gasteiger partial charge in [0.1, 0.15) is 0 Å². The number of nitrogen functional groups attached to an aromatic ring is 2. The first-order valence-electron chi connectivity index (χ1n) is 5.01. The molecule has 0 amide bonds. The Bertz CT molecular complexity index is 320. The lowest BCUT2D eigenvalue weighted by atomic mass is 9.85. The molecular formula is C10H16N4. The number of nitrogens with two attached hydrogens (primary N) is 2. The molecule has 0 atom stereocenters. The maximum Gasteiger partial charge on any atom is 0.151 e. The number of pyridine rings is 1. The lowest BCUT2D eigenvalue weighted by Crippen LogP contribution is -2.21. The first-order chi connectivity index (χ1) is 6.77. The van der Waals surface area contributed by atoms with Gasteiger partial charge in [0.15, 0.2) is 5.82 Å². The van der Waals surface area contributed by atoms with Crippen molar-refractivity contribution in [2.24, 2.45) is 5.92 Å². The predicted octanol–water partition coefficient (Wildman–Crippen LogP) is 1.46. The van der Waals surface area contributed by atoms with Crippen molar-refractivity contribution in [1.29, 1.82) is 0 Å². The number of hydrogen-bond acceptors (Lipinski definition) is 4. The molecule has 1 aliphatic rings. The standard InChI is InChI=1S/C10H16N4/c11-8-4-5-13-10(9(8)12)14-6-7-2-1-3-7/h4-5,7H,1-3,6,12H2,(H3,11,13,14). The van der Waals surface area contributed by atoms with Crippen LogP contribution in [0.15, 0.2) is 12.3 Å². The van der Waals surface area contributed by atoms with Crippen LogP contribution in [0.1, 0.15) is 19.3 Å². The largest absolute Gasteiger partial charge is 0.397 e. The fourth-order valence-electron chi connectivity index (χ4n) is 1.57. The lowest BCUT2D eigenvalue weighted by Gasteiger charge is -2.25. The minimum atomic E-state index is 0.562. The minimum absolute atomic E-state index is 0.562. The predicted molar refractivity (Wildman–Crippen MR) is 58.9 cm³/mol. The highest BCUT2D eigenvalue weighted by molar-refractivity contribution is 5.75. The zero-order chi connectivity index (χ0) is 9.97. The summed E-state index contributed by atoms with van der Waals surface area (Å²) in [4.78, 5) is 4.15. The molecule has 2 rings (SSSR count). The average Bonchev–Trinajstić information content (AvgIpc) is 2.09. The van der Waals surface area contributed by atoms with E-state index in [9.17, 15) is 0 Å². The fraction of sp³-hybridized carbons (Fsp3) is 0.500. The maximum atomic E-state index is 5.78. The molecule has 5 N–H and O–H groups in total. The molecule has 1 aromatic heterocycles. The van der Waals surface area contributed by atoms with Crippen molar-refractivity contribution >= 4 is 17.2 Å². The van der Waals surface area contributed by atoms with Crippen LogP contribution in [0.5, 0.6) is 0 Å². The summed E-state index contributed by atoms with van der Waals surface area (Å²) in [6, 6.07) is 1.71. The number of nitrogens with zero attached hydrogens (tertiary/aromatic N) is 1. The molecule has 0 aromatic carbocycles. The van der Waals surface area contributed by atoms with Crippen LogP contribution in [0.4, 0.5) is 17.2 Å². The third kappa shape index (κ3) is 1.73. The molecule has 76 valence electrons. The molecule has 0 radical (unpaired) electrons. The average molecular weight is 192 g/mol. The highest BCUT2D eigenvalue weighted by Gasteiger charge is 2.17. The molecule has 0 bridgehead atoms. The topological polar surface area (TPSA) is 77.0 Å². The van der Waals surface area contributed by atoms with Crippen molar-refractivity contribution in [3.05, 3.63) is 12.3 Å². The summed E-state index contributed by atoms with van der Waals surface area (Å²) in [5.41, 5.74) is 12.6. The molecule has 4 nitrogen and oxygen atoms in total. The third-order valence-corrected chi connectivity index (χ3v) is 2.81. The van der Waals surface area contributed by atoms with Crippen molar-refractivity contribution in [2.75, 3.05) is 23.3 Å². The third-order valence-electron chi connectivity index (χ3n) is 2.81. The zero-order valence-electron chi connectivity index (χ0n) is 8.16. The van der Waals surface area contributed by atoms with Gasteiger partial charge in [0.05, 0.1) is 11.4 Å². The Morgan fingerprint density at radius 2 is 2.21 bits per heavy atom. The van der Waals surface area contributed by atoms with Gasteiger partial charge in [0.25, 0.3) is 0 Å². The van der Waals surface area contributed by atoms with Gasteiger partial charge in [-0.2, -0.15) is 0 Å². The van der Waals surface area contributed by atoms with Gasteiger partial charge in [-0.05, 0) is 24.8 Å². The van der Waals surface area contributed by atoms with Crippen LogP contribution in [-0.2, 0) is 0 Å². The molecule has 14 heavy (non-hydrogen) atoms. The van der Waals surface area contributed by atoms with E-state index in [2.05, 4.69) is 10.3 Å². The fourth-order valence-corrected chi connectivity index (χ4v) is 1.57. The number of nitrogens with one attached hydrogen (secondary N) is 1. The summed E-state index contributed by atoms with van der Waals surface area (Å²) in [5.74, 6) is 1.51. The SMILES string of the molecule is Nc1ccnc(NCC2CCC2)c1N. The summed E-state index contributed by atoms with van der Waals surface area (Å²) in [6.07, 6.45) is 5.66. The molecule has 0 unspecified atom stereocenters. The first-order valence-corrected chi connectivity index (χ1v) is 5.01. The van der Waals surface area contributed by atoms with E-state index in [0.29, 0.717) is 11.4 Å². The number of anilines is 3. The van der Waals surface area contributed by atoms with Crippen molar-refractivity contribution in [3.8, 4) is 0 Å². The molecule has 1 aromatic rings. The molecule has 1 saturated carbocycles. The summed E-state index contributed by atoms with van der Waals surface area (Å²) in [7, 11) is 0. The van der Waals surface area contributed by atoms with E-state index < -0.39 is 0 Å². The van der Waals surface area contributed by atoms with E-state index in [-0.39, 0.29) is 0 Å². The molecule has 4 heteroatoms. The molecule has 0 spiro atoms. The van der Waals surface area contributed by atoms with Crippen molar-refractivity contribution in [3.63, 3.8) is 0 Å². The summed E-state index contributed by atoms with van der Waals surface area (Å²) in [5, 5.41) is 3.24. The second-order valence-corrected chi connectivity index (χ2v) is 3.84. The maximum absolute atomic E-state index is 5.78. The Hall–Kier alpha value is -1.45. The number of aromatic nitrogens is 1. The van der Waals surface area contributed by atoms with Crippen LogP contribution in [0, 0.1) is 5.92 Å². The smallest absolute Gasteiger partial charge is 0.151 e. The van der Waals surface area contributed by atoms with E-state index in [1.165, 1.54) is 19.3 Å². The van der Waals surface area contributed by atoms with Gasteiger partial charge in [-0.25, -0.2) is 4.98 Å². The van der Waals surface area contributed by atoms with Gasteiger partial charge >= 0.3 is 0 Å². The Morgan fingerprint density at radius 3 is 2.86 bits per heavy atom. The van der Waals surface area contributed by atoms with Crippen LogP contribution in [0.2, 0.25) is 0 Å². The Kier molecular flexibility index (Phi) is 2.43. The second-order valence-electron chi connectivity index (χ2n) is 3.84. The highest BCUT2D eigenvalue weighted by atomic mass is 15.0. The van der Waals surface area contributed by atoms with Crippen molar-refractivity contribution < 1.29 is 0 Å². The quantitative estimate of drug-likeness (QED) is 0.677. The van der Waals surface area contributed by atoms with Crippen LogP contribution < -0.4 is 16.8 Å². The Labute approximate surface area is 83.7 Å². The van der Waals surface area contributed by atoms with Gasteiger partial charge < -0.3 is 16.8 Å². The highest BCUT2D eigenvalue weighted by Crippen LogP contribution is 2.28. The van der Waals surface area contributed by atoms with Gasteiger partial charge in [-0.1, -0.05) is 6.42 Å². The Balaban J connectivity index is 1.97. The van der Waals surface area contributed by atoms with E-state index in [0.717, 1.165) is 18.3 Å². The molecule has 0 saturated heterocycles. The van der Waals surface area contributed by atoms with Crippen LogP contribution in [-0.4, -0.2) is 11.5 Å². The molecule has 1 aliphatic carbocycles. The van der Waals surface area contributed by atoms with Gasteiger partial charge in [-0.15, -0.1) is 0 Å². The van der Waals surface area contributed by atoms with E-state index in [1.54, 1.807) is 12.3 Å². The van der Waals surface area contributed by atoms with Crippen LogP contribution in [0.25, 0.3) is 0 Å². The van der Waals surface area contributed by atoms with Crippen molar-refractivity contribution in [1.82, 2.24) is 4.98 Å². The first kappa shape index (κ1) is 9.12. The van der Waals surface area contributed by atoms with Crippen molar-refractivity contribution in [2.45, 2.75) is 19.3 Å². The normalized spacial score (nSPS) is 16.3. The number of hydrogen-bond donors (Lipinski definition) is 3. The van der Waals surface area contributed by atoms with E-state index in [4.69, 9.17) is 11.5 Å². The van der Waals surface area contributed by atoms with Crippen LogP contribution >= 0.6 is 0 Å². The molecule has 0 aliphatic heterocycles. The zero-order valence-corrected chi connectivity index (χ0v) is 8.16. The Morgan fingerprint density at radius 1 is 1.43 bits per heavy atom. The minimum Gasteiger partial charge on any atom is -0.397 e.